The van der Waals surface area contributed by atoms with Crippen LogP contribution in [0.4, 0.5) is 0 Å². The summed E-state index contributed by atoms with van der Waals surface area (Å²) in [7, 11) is 0. The van der Waals surface area contributed by atoms with Crippen LogP contribution in [0.5, 0.6) is 0 Å². The Bertz CT molecular complexity index is 441. The first-order valence-corrected chi connectivity index (χ1v) is 9.91. The van der Waals surface area contributed by atoms with Gasteiger partial charge in [-0.1, -0.05) is 13.8 Å². The standard InChI is InChI=1S/C19H35N3O3/c1-4-21(13-18(23)24)17-9-11-22(12-10-17)15(3)19(25)20-16-7-5-14(2)6-8-16/h14-17H,4-13H2,1-3H3,(H,20,25)(H,23,24). The smallest absolute Gasteiger partial charge is 0.317 e. The molecule has 0 radical (unpaired) electrons. The molecule has 2 N–H and O–H groups in total. The topological polar surface area (TPSA) is 72.9 Å². The van der Waals surface area contributed by atoms with Gasteiger partial charge in [-0.05, 0) is 57.9 Å². The first-order valence-electron chi connectivity index (χ1n) is 9.91. The van der Waals surface area contributed by atoms with E-state index in [1.807, 2.05) is 18.7 Å². The highest BCUT2D eigenvalue weighted by Gasteiger charge is 2.30. The molecule has 0 aromatic rings. The molecule has 0 aromatic heterocycles. The minimum Gasteiger partial charge on any atom is -0.480 e. The van der Waals surface area contributed by atoms with Crippen molar-refractivity contribution in [2.45, 2.75) is 77.4 Å². The van der Waals surface area contributed by atoms with Gasteiger partial charge in [-0.15, -0.1) is 0 Å². The number of rotatable bonds is 7. The van der Waals surface area contributed by atoms with Gasteiger partial charge in [0.1, 0.15) is 0 Å². The lowest BCUT2D eigenvalue weighted by atomic mass is 9.87. The Kier molecular flexibility index (Phi) is 7.69. The van der Waals surface area contributed by atoms with Crippen molar-refractivity contribution in [3.8, 4) is 0 Å². The number of nitrogens with zero attached hydrogens (tertiary/aromatic N) is 2. The molecule has 1 heterocycles. The van der Waals surface area contributed by atoms with Crippen molar-refractivity contribution in [1.29, 1.82) is 0 Å². The zero-order chi connectivity index (χ0) is 18.4. The second kappa shape index (κ2) is 9.53. The van der Waals surface area contributed by atoms with Crippen molar-refractivity contribution in [2.24, 2.45) is 5.92 Å². The molecule has 2 rings (SSSR count). The van der Waals surface area contributed by atoms with E-state index in [2.05, 4.69) is 17.1 Å². The highest BCUT2D eigenvalue weighted by molar-refractivity contribution is 5.81. The first kappa shape index (κ1) is 20.2. The fourth-order valence-corrected chi connectivity index (χ4v) is 4.20. The molecule has 0 aromatic carbocycles. The second-order valence-corrected chi connectivity index (χ2v) is 7.87. The van der Waals surface area contributed by atoms with Crippen LogP contribution >= 0.6 is 0 Å². The summed E-state index contributed by atoms with van der Waals surface area (Å²) in [5.74, 6) is 0.173. The monoisotopic (exact) mass is 353 g/mol. The van der Waals surface area contributed by atoms with E-state index in [-0.39, 0.29) is 18.5 Å². The summed E-state index contributed by atoms with van der Waals surface area (Å²) in [6, 6.07) is 0.553. The zero-order valence-electron chi connectivity index (χ0n) is 16.0. The van der Waals surface area contributed by atoms with E-state index in [0.29, 0.717) is 12.1 Å². The summed E-state index contributed by atoms with van der Waals surface area (Å²) in [5.41, 5.74) is 0. The fraction of sp³-hybridized carbons (Fsp3) is 0.895. The number of carboxylic acids is 1. The largest absolute Gasteiger partial charge is 0.480 e. The van der Waals surface area contributed by atoms with E-state index in [9.17, 15) is 9.59 Å². The number of hydrogen-bond acceptors (Lipinski definition) is 4. The first-order chi connectivity index (χ1) is 11.9. The zero-order valence-corrected chi connectivity index (χ0v) is 16.0. The maximum atomic E-state index is 12.6. The summed E-state index contributed by atoms with van der Waals surface area (Å²) in [4.78, 5) is 27.8. The van der Waals surface area contributed by atoms with Crippen LogP contribution in [0, 0.1) is 5.92 Å². The molecule has 1 amide bonds. The molecule has 2 aliphatic rings. The van der Waals surface area contributed by atoms with E-state index in [1.165, 1.54) is 12.8 Å². The Hall–Kier alpha value is -1.14. The summed E-state index contributed by atoms with van der Waals surface area (Å²) >= 11 is 0. The maximum absolute atomic E-state index is 12.6. The summed E-state index contributed by atoms with van der Waals surface area (Å²) in [6.45, 7) is 8.87. The number of carbonyl (C=O) groups excluding carboxylic acids is 1. The Morgan fingerprint density at radius 2 is 1.76 bits per heavy atom. The molecule has 6 heteroatoms. The maximum Gasteiger partial charge on any atom is 0.317 e. The van der Waals surface area contributed by atoms with Gasteiger partial charge in [0.15, 0.2) is 0 Å². The van der Waals surface area contributed by atoms with E-state index < -0.39 is 5.97 Å². The van der Waals surface area contributed by atoms with Crippen LogP contribution in [0.15, 0.2) is 0 Å². The van der Waals surface area contributed by atoms with Crippen LogP contribution in [-0.2, 0) is 9.59 Å². The molecular weight excluding hydrogens is 318 g/mol. The van der Waals surface area contributed by atoms with Gasteiger partial charge < -0.3 is 10.4 Å². The average Bonchev–Trinajstić information content (AvgIpc) is 2.61. The number of carboxylic acid groups (broad SMARTS) is 1. The number of nitrogens with one attached hydrogen (secondary N) is 1. The van der Waals surface area contributed by atoms with Gasteiger partial charge in [0.05, 0.1) is 12.6 Å². The van der Waals surface area contributed by atoms with Gasteiger partial charge in [0.25, 0.3) is 0 Å². The van der Waals surface area contributed by atoms with E-state index >= 15 is 0 Å². The molecule has 1 aliphatic heterocycles. The Balaban J connectivity index is 1.77. The summed E-state index contributed by atoms with van der Waals surface area (Å²) in [5, 5.41) is 12.3. The highest BCUT2D eigenvalue weighted by atomic mass is 16.4. The minimum atomic E-state index is -0.765. The van der Waals surface area contributed by atoms with Crippen LogP contribution < -0.4 is 5.32 Å². The van der Waals surface area contributed by atoms with E-state index in [1.54, 1.807) is 0 Å². The van der Waals surface area contributed by atoms with Crippen LogP contribution in [0.2, 0.25) is 0 Å². The summed E-state index contributed by atoms with van der Waals surface area (Å²) in [6.07, 6.45) is 6.48. The number of piperidine rings is 1. The van der Waals surface area contributed by atoms with Crippen molar-refractivity contribution in [1.82, 2.24) is 15.1 Å². The lowest BCUT2D eigenvalue weighted by Gasteiger charge is -2.40. The van der Waals surface area contributed by atoms with Crippen LogP contribution in [0.25, 0.3) is 0 Å². The molecule has 1 saturated heterocycles. The Morgan fingerprint density at radius 3 is 2.28 bits per heavy atom. The third-order valence-electron chi connectivity index (χ3n) is 6.05. The van der Waals surface area contributed by atoms with E-state index in [0.717, 1.165) is 51.2 Å². The Labute approximate surface area is 151 Å². The number of aliphatic carboxylic acids is 1. The predicted molar refractivity (Wildman–Crippen MR) is 98.5 cm³/mol. The molecule has 1 atom stereocenters. The average molecular weight is 354 g/mol. The van der Waals surface area contributed by atoms with Crippen molar-refractivity contribution in [2.75, 3.05) is 26.2 Å². The molecule has 144 valence electrons. The minimum absolute atomic E-state index is 0.102. The van der Waals surface area contributed by atoms with Crippen LogP contribution in [-0.4, -0.2) is 71.1 Å². The van der Waals surface area contributed by atoms with E-state index in [4.69, 9.17) is 5.11 Å². The molecular formula is C19H35N3O3. The number of carbonyl (C=O) groups is 2. The Morgan fingerprint density at radius 1 is 1.16 bits per heavy atom. The van der Waals surface area contributed by atoms with Crippen molar-refractivity contribution < 1.29 is 14.7 Å². The van der Waals surface area contributed by atoms with Crippen molar-refractivity contribution in [3.63, 3.8) is 0 Å². The second-order valence-electron chi connectivity index (χ2n) is 7.87. The summed E-state index contributed by atoms with van der Waals surface area (Å²) < 4.78 is 0. The van der Waals surface area contributed by atoms with Crippen molar-refractivity contribution in [3.05, 3.63) is 0 Å². The van der Waals surface area contributed by atoms with Gasteiger partial charge in [0.2, 0.25) is 5.91 Å². The van der Waals surface area contributed by atoms with Crippen LogP contribution in [0.1, 0.15) is 59.3 Å². The predicted octanol–water partition coefficient (Wildman–Crippen LogP) is 1.94. The lowest BCUT2D eigenvalue weighted by molar-refractivity contribution is -0.139. The fourth-order valence-electron chi connectivity index (χ4n) is 4.20. The number of likely N-dealkylation sites (N-methyl/N-ethyl adjacent to an activating group) is 1. The SMILES string of the molecule is CCN(CC(=O)O)C1CCN(C(C)C(=O)NC2CCC(C)CC2)CC1. The quantitative estimate of drug-likeness (QED) is 0.732. The number of hydrogen-bond donors (Lipinski definition) is 2. The van der Waals surface area contributed by atoms with Crippen molar-refractivity contribution >= 4 is 11.9 Å². The van der Waals surface area contributed by atoms with Crippen LogP contribution in [0.3, 0.4) is 0 Å². The third-order valence-corrected chi connectivity index (χ3v) is 6.05. The van der Waals surface area contributed by atoms with Gasteiger partial charge in [-0.25, -0.2) is 0 Å². The number of likely N-dealkylation sites (tertiary alicyclic amines) is 1. The van der Waals surface area contributed by atoms with Gasteiger partial charge in [-0.2, -0.15) is 0 Å². The molecule has 1 unspecified atom stereocenters. The third kappa shape index (κ3) is 5.96. The normalized spacial score (nSPS) is 27.2. The van der Waals surface area contributed by atoms with Gasteiger partial charge in [0, 0.05) is 25.2 Å². The van der Waals surface area contributed by atoms with Gasteiger partial charge in [-0.3, -0.25) is 19.4 Å². The molecule has 2 fully saturated rings. The molecule has 1 aliphatic carbocycles. The molecule has 6 nitrogen and oxygen atoms in total. The van der Waals surface area contributed by atoms with Gasteiger partial charge >= 0.3 is 5.97 Å². The molecule has 0 bridgehead atoms. The molecule has 0 spiro atoms. The highest BCUT2D eigenvalue weighted by Crippen LogP contribution is 2.24. The lowest BCUT2D eigenvalue weighted by Crippen LogP contribution is -2.53. The molecule has 1 saturated carbocycles. The molecule has 25 heavy (non-hydrogen) atoms. The number of amides is 1.